The van der Waals surface area contributed by atoms with E-state index in [1.54, 1.807) is 11.1 Å². The number of likely N-dealkylation sites (tertiary alicyclic amines) is 1. The summed E-state index contributed by atoms with van der Waals surface area (Å²) in [6, 6.07) is 4.21. The van der Waals surface area contributed by atoms with Crippen molar-refractivity contribution in [2.24, 2.45) is 11.1 Å². The number of piperidine rings is 1. The lowest BCUT2D eigenvalue weighted by Gasteiger charge is -2.54. The fourth-order valence-corrected chi connectivity index (χ4v) is 6.09. The van der Waals surface area contributed by atoms with E-state index in [2.05, 4.69) is 19.8 Å². The largest absolute Gasteiger partial charge is 0.451 e. The van der Waals surface area contributed by atoms with Gasteiger partial charge in [-0.05, 0) is 77.7 Å². The standard InChI is InChI=1S/C29H41FN6O3/c1-4-36(20(2)3)28(37)24-13-21(30)5-8-25(24)39-26-14-32-19-33-27(26)35-17-29(18-35)9-11-34(12-10-29)15-23-7-6-22(31)16-38-23/h5,8,13-14,19-20,22-23H,4,6-7,9-12,15-18,31H2,1-3H3/t22-,23+/m1/s1. The van der Waals surface area contributed by atoms with Crippen molar-refractivity contribution in [1.29, 1.82) is 0 Å². The first-order valence-corrected chi connectivity index (χ1v) is 14.2. The lowest BCUT2D eigenvalue weighted by molar-refractivity contribution is -0.0277. The molecule has 4 heterocycles. The average molecular weight is 541 g/mol. The highest BCUT2D eigenvalue weighted by atomic mass is 19.1. The summed E-state index contributed by atoms with van der Waals surface area (Å²) >= 11 is 0. The smallest absolute Gasteiger partial charge is 0.257 e. The first kappa shape index (κ1) is 27.7. The van der Waals surface area contributed by atoms with Gasteiger partial charge in [-0.15, -0.1) is 0 Å². The molecule has 3 aliphatic heterocycles. The summed E-state index contributed by atoms with van der Waals surface area (Å²) in [4.78, 5) is 28.4. The fraction of sp³-hybridized carbons (Fsp3) is 0.621. The molecule has 1 aromatic heterocycles. The van der Waals surface area contributed by atoms with Crippen LogP contribution in [0.2, 0.25) is 0 Å². The Hall–Kier alpha value is -2.82. The van der Waals surface area contributed by atoms with Gasteiger partial charge in [0.05, 0.1) is 24.5 Å². The van der Waals surface area contributed by atoms with Crippen molar-refractivity contribution in [3.8, 4) is 11.5 Å². The Morgan fingerprint density at radius 2 is 2.03 bits per heavy atom. The van der Waals surface area contributed by atoms with Crippen molar-refractivity contribution in [2.45, 2.75) is 64.6 Å². The number of hydrogen-bond donors (Lipinski definition) is 1. The molecule has 2 atom stereocenters. The van der Waals surface area contributed by atoms with Gasteiger partial charge in [0.15, 0.2) is 11.6 Å². The van der Waals surface area contributed by atoms with Crippen LogP contribution in [-0.2, 0) is 4.74 Å². The van der Waals surface area contributed by atoms with E-state index in [-0.39, 0.29) is 29.0 Å². The highest BCUT2D eigenvalue weighted by Crippen LogP contribution is 2.45. The molecule has 2 N–H and O–H groups in total. The molecule has 5 rings (SSSR count). The minimum atomic E-state index is -0.482. The summed E-state index contributed by atoms with van der Waals surface area (Å²) in [6.07, 6.45) is 7.78. The average Bonchev–Trinajstić information content (AvgIpc) is 2.91. The van der Waals surface area contributed by atoms with Crippen molar-refractivity contribution in [3.63, 3.8) is 0 Å². The number of aromatic nitrogens is 2. The van der Waals surface area contributed by atoms with Gasteiger partial charge in [0.1, 0.15) is 17.9 Å². The minimum absolute atomic E-state index is 0.0218. The van der Waals surface area contributed by atoms with Crippen LogP contribution in [0.15, 0.2) is 30.7 Å². The predicted molar refractivity (Wildman–Crippen MR) is 148 cm³/mol. The van der Waals surface area contributed by atoms with Crippen LogP contribution in [0.5, 0.6) is 11.5 Å². The Balaban J connectivity index is 1.23. The highest BCUT2D eigenvalue weighted by Gasteiger charge is 2.46. The molecule has 3 saturated heterocycles. The van der Waals surface area contributed by atoms with Crippen LogP contribution in [-0.4, -0.2) is 89.7 Å². The maximum atomic E-state index is 14.2. The molecule has 3 aliphatic rings. The van der Waals surface area contributed by atoms with Crippen molar-refractivity contribution in [1.82, 2.24) is 19.8 Å². The molecule has 10 heteroatoms. The Bertz CT molecular complexity index is 1140. The summed E-state index contributed by atoms with van der Waals surface area (Å²) < 4.78 is 26.3. The first-order valence-electron chi connectivity index (χ1n) is 14.2. The number of nitrogens with two attached hydrogens (primary N) is 1. The molecule has 39 heavy (non-hydrogen) atoms. The molecular formula is C29H41FN6O3. The zero-order valence-corrected chi connectivity index (χ0v) is 23.3. The second-order valence-corrected chi connectivity index (χ2v) is 11.6. The zero-order chi connectivity index (χ0) is 27.6. The Kier molecular flexibility index (Phi) is 8.35. The number of rotatable bonds is 8. The van der Waals surface area contributed by atoms with Crippen molar-refractivity contribution < 1.29 is 18.7 Å². The van der Waals surface area contributed by atoms with Crippen LogP contribution in [0.25, 0.3) is 0 Å². The lowest BCUT2D eigenvalue weighted by atomic mass is 9.72. The molecule has 3 fully saturated rings. The quantitative estimate of drug-likeness (QED) is 0.542. The first-order chi connectivity index (χ1) is 18.8. The summed E-state index contributed by atoms with van der Waals surface area (Å²) in [5, 5.41) is 0. The Labute approximate surface area is 230 Å². The van der Waals surface area contributed by atoms with Gasteiger partial charge < -0.3 is 29.9 Å². The number of amides is 1. The van der Waals surface area contributed by atoms with E-state index in [1.165, 1.54) is 24.5 Å². The third-order valence-corrected chi connectivity index (χ3v) is 8.41. The molecule has 9 nitrogen and oxygen atoms in total. The SMILES string of the molecule is CCN(C(=O)c1cc(F)ccc1Oc1cncnc1N1CC2(CCN(C[C@@H]3CC[C@@H](N)CO3)CC2)C1)C(C)C. The second kappa shape index (κ2) is 11.7. The van der Waals surface area contributed by atoms with E-state index < -0.39 is 5.82 Å². The van der Waals surface area contributed by atoms with Crippen LogP contribution >= 0.6 is 0 Å². The number of carbonyl (C=O) groups is 1. The number of ether oxygens (including phenoxy) is 2. The molecule has 2 aromatic rings. The van der Waals surface area contributed by atoms with Crippen molar-refractivity contribution in [3.05, 3.63) is 42.1 Å². The summed E-state index contributed by atoms with van der Waals surface area (Å²) in [6.45, 7) is 11.9. The highest BCUT2D eigenvalue weighted by molar-refractivity contribution is 5.97. The van der Waals surface area contributed by atoms with Gasteiger partial charge in [-0.2, -0.15) is 0 Å². The summed E-state index contributed by atoms with van der Waals surface area (Å²) in [7, 11) is 0. The van der Waals surface area contributed by atoms with Crippen molar-refractivity contribution in [2.75, 3.05) is 50.8 Å². The van der Waals surface area contributed by atoms with Gasteiger partial charge in [0, 0.05) is 43.7 Å². The van der Waals surface area contributed by atoms with Gasteiger partial charge in [0.25, 0.3) is 5.91 Å². The van der Waals surface area contributed by atoms with Crippen LogP contribution in [0.4, 0.5) is 10.2 Å². The van der Waals surface area contributed by atoms with Crippen LogP contribution < -0.4 is 15.4 Å². The fourth-order valence-electron chi connectivity index (χ4n) is 6.09. The van der Waals surface area contributed by atoms with E-state index in [9.17, 15) is 9.18 Å². The number of hydrogen-bond acceptors (Lipinski definition) is 8. The number of halogens is 1. The Morgan fingerprint density at radius 1 is 1.26 bits per heavy atom. The maximum Gasteiger partial charge on any atom is 0.257 e. The molecule has 1 aromatic carbocycles. The Morgan fingerprint density at radius 3 is 2.69 bits per heavy atom. The van der Waals surface area contributed by atoms with E-state index in [0.717, 1.165) is 58.4 Å². The number of carbonyl (C=O) groups excluding carboxylic acids is 1. The molecular weight excluding hydrogens is 499 g/mol. The molecule has 1 spiro atoms. The second-order valence-electron chi connectivity index (χ2n) is 11.6. The van der Waals surface area contributed by atoms with Crippen LogP contribution in [0, 0.1) is 11.2 Å². The number of anilines is 1. The van der Waals surface area contributed by atoms with Crippen LogP contribution in [0.1, 0.15) is 56.8 Å². The third kappa shape index (κ3) is 6.18. The van der Waals surface area contributed by atoms with Gasteiger partial charge >= 0.3 is 0 Å². The third-order valence-electron chi connectivity index (χ3n) is 8.41. The lowest BCUT2D eigenvalue weighted by Crippen LogP contribution is -2.61. The molecule has 0 saturated carbocycles. The zero-order valence-electron chi connectivity index (χ0n) is 23.3. The van der Waals surface area contributed by atoms with E-state index in [1.807, 2.05) is 20.8 Å². The number of nitrogens with zero attached hydrogens (tertiary/aromatic N) is 5. The summed E-state index contributed by atoms with van der Waals surface area (Å²) in [5.74, 6) is 0.710. The molecule has 0 unspecified atom stereocenters. The van der Waals surface area contributed by atoms with Gasteiger partial charge in [-0.25, -0.2) is 14.4 Å². The van der Waals surface area contributed by atoms with Gasteiger partial charge in [0.2, 0.25) is 0 Å². The monoisotopic (exact) mass is 540 g/mol. The van der Waals surface area contributed by atoms with Crippen molar-refractivity contribution >= 4 is 11.7 Å². The number of benzene rings is 1. The molecule has 0 aliphatic carbocycles. The van der Waals surface area contributed by atoms with Gasteiger partial charge in [-0.1, -0.05) is 0 Å². The topological polar surface area (TPSA) is 97.1 Å². The van der Waals surface area contributed by atoms with Gasteiger partial charge in [-0.3, -0.25) is 4.79 Å². The van der Waals surface area contributed by atoms with E-state index >= 15 is 0 Å². The summed E-state index contributed by atoms with van der Waals surface area (Å²) in [5.41, 5.74) is 6.43. The maximum absolute atomic E-state index is 14.2. The molecule has 1 amide bonds. The van der Waals surface area contributed by atoms with E-state index in [4.69, 9.17) is 15.2 Å². The predicted octanol–water partition coefficient (Wildman–Crippen LogP) is 3.69. The van der Waals surface area contributed by atoms with Crippen LogP contribution in [0.3, 0.4) is 0 Å². The molecule has 0 bridgehead atoms. The minimum Gasteiger partial charge on any atom is -0.451 e. The molecule has 212 valence electrons. The normalized spacial score (nSPS) is 23.1. The molecule has 0 radical (unpaired) electrons. The van der Waals surface area contributed by atoms with E-state index in [0.29, 0.717) is 36.6 Å².